The molecule has 9 heteroatoms. The van der Waals surface area contributed by atoms with Crippen molar-refractivity contribution in [3.63, 3.8) is 0 Å². The lowest BCUT2D eigenvalue weighted by molar-refractivity contribution is -0.121. The lowest BCUT2D eigenvalue weighted by Crippen LogP contribution is -2.23. The zero-order valence-electron chi connectivity index (χ0n) is 18.2. The van der Waals surface area contributed by atoms with Crippen molar-refractivity contribution >= 4 is 56.5 Å². The first-order chi connectivity index (χ1) is 15.4. The van der Waals surface area contributed by atoms with Gasteiger partial charge >= 0.3 is 5.97 Å². The van der Waals surface area contributed by atoms with Gasteiger partial charge in [0.05, 0.1) is 41.0 Å². The first-order valence-electron chi connectivity index (χ1n) is 9.91. The average Bonchev–Trinajstić information content (AvgIpc) is 3.02. The summed E-state index contributed by atoms with van der Waals surface area (Å²) in [5.74, 6) is 0.610. The van der Waals surface area contributed by atoms with Crippen LogP contribution in [0.5, 0.6) is 11.5 Å². The van der Waals surface area contributed by atoms with E-state index in [1.165, 1.54) is 16.7 Å². The van der Waals surface area contributed by atoms with Crippen molar-refractivity contribution in [2.75, 3.05) is 27.4 Å². The van der Waals surface area contributed by atoms with Crippen molar-refractivity contribution in [2.24, 2.45) is 4.99 Å². The largest absolute Gasteiger partial charge is 0.492 e. The highest BCUT2D eigenvalue weighted by Crippen LogP contribution is 2.39. The molecular formula is C23H23BrN2O5S. The number of rotatable bonds is 7. The molecule has 0 bridgehead atoms. The fourth-order valence-corrected chi connectivity index (χ4v) is 4.57. The summed E-state index contributed by atoms with van der Waals surface area (Å²) >= 11 is 4.75. The Balaban J connectivity index is 1.90. The van der Waals surface area contributed by atoms with Crippen LogP contribution in [-0.2, 0) is 9.53 Å². The van der Waals surface area contributed by atoms with Crippen LogP contribution in [0.3, 0.4) is 0 Å². The van der Waals surface area contributed by atoms with Gasteiger partial charge in [0.25, 0.3) is 5.91 Å². The highest BCUT2D eigenvalue weighted by Gasteiger charge is 2.30. The lowest BCUT2D eigenvalue weighted by atomic mass is 10.2. The van der Waals surface area contributed by atoms with Gasteiger partial charge in [0, 0.05) is 7.05 Å². The first-order valence-corrected chi connectivity index (χ1v) is 11.5. The average molecular weight is 519 g/mol. The summed E-state index contributed by atoms with van der Waals surface area (Å²) in [5, 5.41) is 0.514. The molecule has 0 aliphatic carbocycles. The van der Waals surface area contributed by atoms with Crippen LogP contribution in [0.15, 0.2) is 50.8 Å². The van der Waals surface area contributed by atoms with E-state index in [9.17, 15) is 9.59 Å². The quantitative estimate of drug-likeness (QED) is 0.367. The molecule has 2 aromatic carbocycles. The normalized spacial score (nSPS) is 16.0. The number of amides is 1. The predicted molar refractivity (Wildman–Crippen MR) is 130 cm³/mol. The molecule has 168 valence electrons. The van der Waals surface area contributed by atoms with E-state index in [1.54, 1.807) is 51.4 Å². The first kappa shape index (κ1) is 23.9. The molecule has 0 spiro atoms. The summed E-state index contributed by atoms with van der Waals surface area (Å²) in [6.07, 6.45) is 1.79. The van der Waals surface area contributed by atoms with Gasteiger partial charge in [-0.25, -0.2) is 9.79 Å². The van der Waals surface area contributed by atoms with Crippen molar-refractivity contribution in [1.29, 1.82) is 0 Å². The summed E-state index contributed by atoms with van der Waals surface area (Å²) in [6, 6.07) is 10.5. The van der Waals surface area contributed by atoms with Crippen molar-refractivity contribution in [3.05, 3.63) is 56.9 Å². The van der Waals surface area contributed by atoms with Crippen LogP contribution >= 0.6 is 27.7 Å². The molecule has 0 aromatic heterocycles. The smallest absolute Gasteiger partial charge is 0.338 e. The van der Waals surface area contributed by atoms with Gasteiger partial charge in [-0.1, -0.05) is 6.07 Å². The molecule has 0 unspecified atom stereocenters. The number of nitrogens with zero attached hydrogens (tertiary/aromatic N) is 2. The molecule has 1 aliphatic rings. The Hall–Kier alpha value is -2.78. The monoisotopic (exact) mass is 518 g/mol. The number of hydrogen-bond acceptors (Lipinski definition) is 7. The van der Waals surface area contributed by atoms with Gasteiger partial charge in [-0.15, -0.1) is 0 Å². The van der Waals surface area contributed by atoms with Crippen LogP contribution in [0.1, 0.15) is 29.8 Å². The van der Waals surface area contributed by atoms with E-state index in [1.807, 2.05) is 19.1 Å². The number of thioether (sulfide) groups is 1. The number of ether oxygens (including phenoxy) is 3. The zero-order valence-corrected chi connectivity index (χ0v) is 20.6. The minimum atomic E-state index is -0.408. The third-order valence-electron chi connectivity index (χ3n) is 4.42. The van der Waals surface area contributed by atoms with E-state index in [0.717, 1.165) is 10.0 Å². The SMILES string of the molecule is CCOC(=O)c1cccc(N=C2SC(=Cc3cc(Br)c(OC)c(OCC)c3)C(=O)N2C)c1. The summed E-state index contributed by atoms with van der Waals surface area (Å²) < 4.78 is 16.8. The maximum absolute atomic E-state index is 12.8. The number of hydrogen-bond donors (Lipinski definition) is 0. The summed E-state index contributed by atoms with van der Waals surface area (Å²) in [5.41, 5.74) is 1.76. The summed E-state index contributed by atoms with van der Waals surface area (Å²) in [4.78, 5) is 31.3. The number of carbonyl (C=O) groups excluding carboxylic acids is 2. The molecule has 7 nitrogen and oxygen atoms in total. The van der Waals surface area contributed by atoms with Crippen molar-refractivity contribution in [2.45, 2.75) is 13.8 Å². The lowest BCUT2D eigenvalue weighted by Gasteiger charge is -2.12. The van der Waals surface area contributed by atoms with Gasteiger partial charge in [-0.2, -0.15) is 0 Å². The van der Waals surface area contributed by atoms with Crippen LogP contribution in [-0.4, -0.2) is 49.3 Å². The third-order valence-corrected chi connectivity index (χ3v) is 6.07. The van der Waals surface area contributed by atoms with E-state index in [0.29, 0.717) is 46.0 Å². The fourth-order valence-electron chi connectivity index (χ4n) is 2.96. The second kappa shape index (κ2) is 10.7. The van der Waals surface area contributed by atoms with Crippen molar-refractivity contribution in [1.82, 2.24) is 4.90 Å². The summed E-state index contributed by atoms with van der Waals surface area (Å²) in [6.45, 7) is 4.43. The van der Waals surface area contributed by atoms with Gasteiger partial charge in [0.15, 0.2) is 16.7 Å². The van der Waals surface area contributed by atoms with E-state index >= 15 is 0 Å². The van der Waals surface area contributed by atoms with Gasteiger partial charge in [-0.05, 0) is 83.5 Å². The highest BCUT2D eigenvalue weighted by atomic mass is 79.9. The Morgan fingerprint density at radius 3 is 2.69 bits per heavy atom. The standard InChI is InChI=1S/C23H23BrN2O5S/c1-5-30-18-11-14(10-17(24)20(18)29-4)12-19-21(27)26(3)23(32-19)25-16-9-7-8-15(13-16)22(28)31-6-2/h7-13H,5-6H2,1-4H3. The molecule has 0 radical (unpaired) electrons. The number of aliphatic imine (C=N–C) groups is 1. The molecule has 0 saturated carbocycles. The molecule has 0 atom stereocenters. The molecular weight excluding hydrogens is 496 g/mol. The number of halogens is 1. The van der Waals surface area contributed by atoms with E-state index in [-0.39, 0.29) is 5.91 Å². The predicted octanol–water partition coefficient (Wildman–Crippen LogP) is 5.27. The van der Waals surface area contributed by atoms with E-state index in [4.69, 9.17) is 14.2 Å². The van der Waals surface area contributed by atoms with Crippen LogP contribution in [0.2, 0.25) is 0 Å². The maximum atomic E-state index is 12.8. The molecule has 32 heavy (non-hydrogen) atoms. The second-order valence-electron chi connectivity index (χ2n) is 6.61. The summed E-state index contributed by atoms with van der Waals surface area (Å²) in [7, 11) is 3.24. The van der Waals surface area contributed by atoms with Gasteiger partial charge < -0.3 is 14.2 Å². The number of likely N-dealkylation sites (N-methyl/N-ethyl adjacent to an activating group) is 1. The number of esters is 1. The Morgan fingerprint density at radius 2 is 2.00 bits per heavy atom. The number of carbonyl (C=O) groups is 2. The fraction of sp³-hybridized carbons (Fsp3) is 0.261. The minimum absolute atomic E-state index is 0.166. The molecule has 1 heterocycles. The molecule has 1 amide bonds. The molecule has 2 aromatic rings. The minimum Gasteiger partial charge on any atom is -0.492 e. The van der Waals surface area contributed by atoms with Gasteiger partial charge in [0.2, 0.25) is 0 Å². The Kier molecular flexibility index (Phi) is 7.98. The topological polar surface area (TPSA) is 77.4 Å². The maximum Gasteiger partial charge on any atom is 0.338 e. The number of amidine groups is 1. The number of benzene rings is 2. The molecule has 3 rings (SSSR count). The second-order valence-corrected chi connectivity index (χ2v) is 8.47. The van der Waals surface area contributed by atoms with Gasteiger partial charge in [0.1, 0.15) is 0 Å². The van der Waals surface area contributed by atoms with Crippen LogP contribution in [0.4, 0.5) is 5.69 Å². The molecule has 1 fully saturated rings. The molecule has 0 N–H and O–H groups in total. The molecule has 1 aliphatic heterocycles. The van der Waals surface area contributed by atoms with E-state index < -0.39 is 5.97 Å². The van der Waals surface area contributed by atoms with Crippen LogP contribution < -0.4 is 9.47 Å². The highest BCUT2D eigenvalue weighted by molar-refractivity contribution is 9.10. The zero-order chi connectivity index (χ0) is 23.3. The van der Waals surface area contributed by atoms with E-state index in [2.05, 4.69) is 20.9 Å². The Bertz CT molecular complexity index is 1100. The Labute approximate surface area is 199 Å². The van der Waals surface area contributed by atoms with Crippen molar-refractivity contribution < 1.29 is 23.8 Å². The van der Waals surface area contributed by atoms with Crippen LogP contribution in [0.25, 0.3) is 6.08 Å². The van der Waals surface area contributed by atoms with Gasteiger partial charge in [-0.3, -0.25) is 9.69 Å². The Morgan fingerprint density at radius 1 is 1.22 bits per heavy atom. The number of methoxy groups -OCH3 is 1. The van der Waals surface area contributed by atoms with Crippen molar-refractivity contribution in [3.8, 4) is 11.5 Å². The third kappa shape index (κ3) is 5.34. The van der Waals surface area contributed by atoms with Crippen LogP contribution in [0, 0.1) is 0 Å². The molecule has 1 saturated heterocycles.